The Morgan fingerprint density at radius 3 is 2.48 bits per heavy atom. The summed E-state index contributed by atoms with van der Waals surface area (Å²) in [5.41, 5.74) is 6.47. The number of nitrogens with zero attached hydrogens (tertiary/aromatic N) is 3. The maximum atomic E-state index is 10.8. The van der Waals surface area contributed by atoms with E-state index in [-0.39, 0.29) is 23.0 Å². The summed E-state index contributed by atoms with van der Waals surface area (Å²) >= 11 is 0. The van der Waals surface area contributed by atoms with E-state index in [1.807, 2.05) is 18.2 Å². The van der Waals surface area contributed by atoms with Gasteiger partial charge < -0.3 is 11.1 Å². The number of nitrogens with one attached hydrogen (secondary N) is 1. The lowest BCUT2D eigenvalue weighted by Gasteiger charge is -2.31. The number of rotatable bonds is 5. The minimum absolute atomic E-state index is 0.0470. The molecule has 0 aliphatic rings. The molecule has 0 radical (unpaired) electrons. The van der Waals surface area contributed by atoms with Crippen LogP contribution in [0.5, 0.6) is 0 Å². The Labute approximate surface area is 135 Å². The highest BCUT2D eigenvalue weighted by molar-refractivity contribution is 5.53. The van der Waals surface area contributed by atoms with Crippen molar-refractivity contribution in [3.05, 3.63) is 52.2 Å². The lowest BCUT2D eigenvalue weighted by molar-refractivity contribution is -0.384. The smallest absolute Gasteiger partial charge is 0.329 e. The summed E-state index contributed by atoms with van der Waals surface area (Å²) < 4.78 is 0. The summed E-state index contributed by atoms with van der Waals surface area (Å²) in [5.74, 6) is 0.156. The van der Waals surface area contributed by atoms with E-state index < -0.39 is 4.92 Å². The van der Waals surface area contributed by atoms with Crippen molar-refractivity contribution < 1.29 is 4.92 Å². The highest BCUT2D eigenvalue weighted by atomic mass is 16.6. The quantitative estimate of drug-likeness (QED) is 0.648. The first-order chi connectivity index (χ1) is 10.8. The van der Waals surface area contributed by atoms with Crippen LogP contribution in [-0.2, 0) is 6.42 Å². The Bertz CT molecular complexity index is 683. The van der Waals surface area contributed by atoms with Crippen LogP contribution in [0.25, 0.3) is 0 Å². The summed E-state index contributed by atoms with van der Waals surface area (Å²) in [6.45, 7) is 6.34. The Balaban J connectivity index is 2.21. The number of nitrogens with two attached hydrogens (primary N) is 1. The molecule has 0 bridgehead atoms. The van der Waals surface area contributed by atoms with E-state index in [0.717, 1.165) is 12.6 Å². The molecule has 2 rings (SSSR count). The minimum Gasteiger partial charge on any atom is -0.378 e. The van der Waals surface area contributed by atoms with Crippen molar-refractivity contribution >= 4 is 17.5 Å². The SMILES string of the molecule is CC(C)(C)[C@@H](Cc1ccccc1)Nc1ncc([N+](=O)[O-])c(N)n1. The van der Waals surface area contributed by atoms with Crippen molar-refractivity contribution in [3.63, 3.8) is 0 Å². The van der Waals surface area contributed by atoms with E-state index in [2.05, 4.69) is 48.2 Å². The Morgan fingerprint density at radius 1 is 1.30 bits per heavy atom. The van der Waals surface area contributed by atoms with Crippen molar-refractivity contribution in [2.24, 2.45) is 5.41 Å². The van der Waals surface area contributed by atoms with Gasteiger partial charge in [0.1, 0.15) is 6.20 Å². The molecule has 0 saturated carbocycles. The average molecular weight is 315 g/mol. The van der Waals surface area contributed by atoms with Crippen LogP contribution in [0.4, 0.5) is 17.5 Å². The van der Waals surface area contributed by atoms with E-state index in [1.54, 1.807) is 0 Å². The lowest BCUT2D eigenvalue weighted by atomic mass is 9.83. The third kappa shape index (κ3) is 4.38. The van der Waals surface area contributed by atoms with Crippen LogP contribution in [0.3, 0.4) is 0 Å². The summed E-state index contributed by atoms with van der Waals surface area (Å²) in [5, 5.41) is 14.0. The number of aromatic nitrogens is 2. The molecule has 1 atom stereocenters. The summed E-state index contributed by atoms with van der Waals surface area (Å²) in [6, 6.07) is 10.1. The first-order valence-corrected chi connectivity index (χ1v) is 7.34. The van der Waals surface area contributed by atoms with E-state index in [0.29, 0.717) is 5.95 Å². The Morgan fingerprint density at radius 2 is 1.96 bits per heavy atom. The van der Waals surface area contributed by atoms with Gasteiger partial charge in [-0.25, -0.2) is 4.98 Å². The number of nitrogen functional groups attached to an aromatic ring is 1. The molecule has 1 aromatic heterocycles. The Kier molecular flexibility index (Phi) is 4.78. The van der Waals surface area contributed by atoms with Crippen LogP contribution in [-0.4, -0.2) is 20.9 Å². The monoisotopic (exact) mass is 315 g/mol. The fourth-order valence-electron chi connectivity index (χ4n) is 2.18. The van der Waals surface area contributed by atoms with Gasteiger partial charge in [0.15, 0.2) is 0 Å². The molecule has 0 unspecified atom stereocenters. The largest absolute Gasteiger partial charge is 0.378 e. The molecule has 0 amide bonds. The molecular weight excluding hydrogens is 294 g/mol. The van der Waals surface area contributed by atoms with Crippen molar-refractivity contribution in [1.82, 2.24) is 9.97 Å². The standard InChI is InChI=1S/C16H21N5O2/c1-16(2,3)13(9-11-7-5-4-6-8-11)19-15-18-10-12(21(22)23)14(17)20-15/h4-8,10,13H,9H2,1-3H3,(H3,17,18,19,20)/t13-/m1/s1. The van der Waals surface area contributed by atoms with Gasteiger partial charge in [-0.05, 0) is 17.4 Å². The molecule has 0 fully saturated rings. The predicted octanol–water partition coefficient (Wildman–Crippen LogP) is 3.04. The zero-order valence-corrected chi connectivity index (χ0v) is 13.5. The summed E-state index contributed by atoms with van der Waals surface area (Å²) in [6.07, 6.45) is 1.91. The number of nitro groups is 1. The number of hydrogen-bond donors (Lipinski definition) is 2. The first-order valence-electron chi connectivity index (χ1n) is 7.34. The van der Waals surface area contributed by atoms with Gasteiger partial charge in [0.25, 0.3) is 0 Å². The second-order valence-corrected chi connectivity index (χ2v) is 6.47. The van der Waals surface area contributed by atoms with Gasteiger partial charge in [0.05, 0.1) is 4.92 Å². The average Bonchev–Trinajstić information content (AvgIpc) is 2.46. The van der Waals surface area contributed by atoms with Crippen LogP contribution in [0.2, 0.25) is 0 Å². The van der Waals surface area contributed by atoms with Crippen molar-refractivity contribution in [2.45, 2.75) is 33.2 Å². The fourth-order valence-corrected chi connectivity index (χ4v) is 2.18. The molecule has 0 saturated heterocycles. The topological polar surface area (TPSA) is 107 Å². The minimum atomic E-state index is -0.593. The number of anilines is 2. The number of benzene rings is 1. The van der Waals surface area contributed by atoms with E-state index in [9.17, 15) is 10.1 Å². The van der Waals surface area contributed by atoms with Gasteiger partial charge in [-0.3, -0.25) is 10.1 Å². The highest BCUT2D eigenvalue weighted by Crippen LogP contribution is 2.26. The van der Waals surface area contributed by atoms with Crippen LogP contribution in [0.15, 0.2) is 36.5 Å². The van der Waals surface area contributed by atoms with Gasteiger partial charge in [-0.2, -0.15) is 4.98 Å². The molecule has 122 valence electrons. The van der Waals surface area contributed by atoms with Crippen LogP contribution in [0, 0.1) is 15.5 Å². The third-order valence-electron chi connectivity index (χ3n) is 3.63. The van der Waals surface area contributed by atoms with Gasteiger partial charge >= 0.3 is 5.69 Å². The van der Waals surface area contributed by atoms with Crippen molar-refractivity contribution in [2.75, 3.05) is 11.1 Å². The van der Waals surface area contributed by atoms with Gasteiger partial charge in [-0.1, -0.05) is 51.1 Å². The summed E-state index contributed by atoms with van der Waals surface area (Å²) in [7, 11) is 0. The molecule has 0 aliphatic heterocycles. The third-order valence-corrected chi connectivity index (χ3v) is 3.63. The first kappa shape index (κ1) is 16.7. The predicted molar refractivity (Wildman–Crippen MR) is 90.1 cm³/mol. The molecule has 2 aromatic rings. The van der Waals surface area contributed by atoms with Crippen molar-refractivity contribution in [3.8, 4) is 0 Å². The molecule has 0 spiro atoms. The summed E-state index contributed by atoms with van der Waals surface area (Å²) in [4.78, 5) is 18.2. The van der Waals surface area contributed by atoms with E-state index in [1.165, 1.54) is 5.56 Å². The van der Waals surface area contributed by atoms with Crippen LogP contribution in [0.1, 0.15) is 26.3 Å². The second kappa shape index (κ2) is 6.60. The molecule has 7 nitrogen and oxygen atoms in total. The van der Waals surface area contributed by atoms with Crippen molar-refractivity contribution in [1.29, 1.82) is 0 Å². The molecular formula is C16H21N5O2. The zero-order chi connectivity index (χ0) is 17.0. The van der Waals surface area contributed by atoms with Gasteiger partial charge in [-0.15, -0.1) is 0 Å². The Hall–Kier alpha value is -2.70. The maximum absolute atomic E-state index is 10.8. The van der Waals surface area contributed by atoms with Crippen LogP contribution < -0.4 is 11.1 Å². The normalized spacial score (nSPS) is 12.7. The van der Waals surface area contributed by atoms with E-state index >= 15 is 0 Å². The molecule has 1 heterocycles. The molecule has 1 aromatic carbocycles. The maximum Gasteiger partial charge on any atom is 0.329 e. The molecule has 23 heavy (non-hydrogen) atoms. The van der Waals surface area contributed by atoms with E-state index in [4.69, 9.17) is 5.73 Å². The van der Waals surface area contributed by atoms with Gasteiger partial charge in [0, 0.05) is 6.04 Å². The zero-order valence-electron chi connectivity index (χ0n) is 13.5. The molecule has 3 N–H and O–H groups in total. The lowest BCUT2D eigenvalue weighted by Crippen LogP contribution is -2.36. The fraction of sp³-hybridized carbons (Fsp3) is 0.375. The van der Waals surface area contributed by atoms with Crippen LogP contribution >= 0.6 is 0 Å². The molecule has 7 heteroatoms. The highest BCUT2D eigenvalue weighted by Gasteiger charge is 2.26. The van der Waals surface area contributed by atoms with Gasteiger partial charge in [0.2, 0.25) is 11.8 Å². The number of hydrogen-bond acceptors (Lipinski definition) is 6. The molecule has 0 aliphatic carbocycles. The second-order valence-electron chi connectivity index (χ2n) is 6.47.